The lowest BCUT2D eigenvalue weighted by Crippen LogP contribution is -2.31. The first kappa shape index (κ1) is 17.5. The van der Waals surface area contributed by atoms with Crippen LogP contribution in [0.2, 0.25) is 0 Å². The molecule has 1 aliphatic rings. The van der Waals surface area contributed by atoms with Crippen molar-refractivity contribution in [3.63, 3.8) is 0 Å². The van der Waals surface area contributed by atoms with E-state index in [1.54, 1.807) is 12.1 Å². The first-order valence-electron chi connectivity index (χ1n) is 8.13. The first-order valence-corrected chi connectivity index (χ1v) is 10.0. The second-order valence-corrected chi connectivity index (χ2v) is 8.56. The van der Waals surface area contributed by atoms with E-state index in [0.717, 1.165) is 16.8 Å². The van der Waals surface area contributed by atoms with E-state index in [9.17, 15) is 18.3 Å². The Balaban J connectivity index is 1.88. The van der Waals surface area contributed by atoms with E-state index in [1.165, 1.54) is 6.26 Å². The highest BCUT2D eigenvalue weighted by Crippen LogP contribution is 2.43. The van der Waals surface area contributed by atoms with E-state index in [4.69, 9.17) is 0 Å². The Kier molecular flexibility index (Phi) is 4.56. The largest absolute Gasteiger partial charge is 0.481 e. The Morgan fingerprint density at radius 2 is 1.76 bits per heavy atom. The Morgan fingerprint density at radius 1 is 1.12 bits per heavy atom. The molecular weight excluding hydrogens is 338 g/mol. The number of rotatable bonds is 5. The summed E-state index contributed by atoms with van der Waals surface area (Å²) in [6.45, 7) is 2.65. The van der Waals surface area contributed by atoms with Gasteiger partial charge in [-0.3, -0.25) is 4.79 Å². The highest BCUT2D eigenvalue weighted by atomic mass is 32.2. The second-order valence-electron chi connectivity index (χ2n) is 6.55. The van der Waals surface area contributed by atoms with E-state index in [-0.39, 0.29) is 18.4 Å². The molecule has 6 heteroatoms. The number of carbonyl (C=O) groups is 1. The van der Waals surface area contributed by atoms with Crippen LogP contribution in [0.25, 0.3) is 0 Å². The predicted molar refractivity (Wildman–Crippen MR) is 96.6 cm³/mol. The maximum atomic E-state index is 11.6. The number of carboxylic acids is 1. The summed E-state index contributed by atoms with van der Waals surface area (Å²) in [4.78, 5) is 13.7. The number of fused-ring (bicyclic) bond motifs is 1. The van der Waals surface area contributed by atoms with Crippen LogP contribution < -0.4 is 4.90 Å². The molecule has 5 nitrogen and oxygen atoms in total. The molecule has 2 aromatic carbocycles. The smallest absolute Gasteiger partial charge is 0.304 e. The van der Waals surface area contributed by atoms with Gasteiger partial charge in [0, 0.05) is 30.4 Å². The summed E-state index contributed by atoms with van der Waals surface area (Å²) in [7, 11) is -3.21. The summed E-state index contributed by atoms with van der Waals surface area (Å²) in [6, 6.07) is 14.8. The zero-order valence-corrected chi connectivity index (χ0v) is 15.0. The number of carboxylic acid groups (broad SMARTS) is 1. The molecule has 0 bridgehead atoms. The maximum absolute atomic E-state index is 11.6. The minimum absolute atomic E-state index is 0.0519. The van der Waals surface area contributed by atoms with Gasteiger partial charge in [0.15, 0.2) is 9.84 Å². The molecule has 1 N–H and O–H groups in total. The van der Waals surface area contributed by atoms with E-state index < -0.39 is 15.8 Å². The van der Waals surface area contributed by atoms with E-state index in [1.807, 2.05) is 43.3 Å². The van der Waals surface area contributed by atoms with Crippen LogP contribution in [0.5, 0.6) is 0 Å². The molecule has 0 spiro atoms. The number of benzene rings is 2. The van der Waals surface area contributed by atoms with Crippen LogP contribution in [0.1, 0.15) is 30.4 Å². The highest BCUT2D eigenvalue weighted by Gasteiger charge is 2.36. The van der Waals surface area contributed by atoms with Crippen molar-refractivity contribution in [1.82, 2.24) is 0 Å². The van der Waals surface area contributed by atoms with Crippen LogP contribution in [0.4, 0.5) is 5.69 Å². The molecule has 132 valence electrons. The van der Waals surface area contributed by atoms with Crippen molar-refractivity contribution in [2.24, 2.45) is 0 Å². The Bertz CT molecular complexity index is 890. The molecule has 0 amide bonds. The molecule has 2 unspecified atom stereocenters. The minimum Gasteiger partial charge on any atom is -0.481 e. The van der Waals surface area contributed by atoms with Gasteiger partial charge >= 0.3 is 5.97 Å². The predicted octanol–water partition coefficient (Wildman–Crippen LogP) is 3.06. The van der Waals surface area contributed by atoms with Crippen molar-refractivity contribution < 1.29 is 18.3 Å². The normalized spacial score (nSPS) is 19.7. The number of sulfone groups is 1. The van der Waals surface area contributed by atoms with Crippen molar-refractivity contribution in [3.05, 3.63) is 59.7 Å². The Labute approximate surface area is 147 Å². The van der Waals surface area contributed by atoms with Crippen LogP contribution in [0.3, 0.4) is 0 Å². The second kappa shape index (κ2) is 6.52. The lowest BCUT2D eigenvalue weighted by molar-refractivity contribution is -0.137. The fraction of sp³-hybridized carbons (Fsp3) is 0.316. The maximum Gasteiger partial charge on any atom is 0.304 e. The average Bonchev–Trinajstić information content (AvgIpc) is 2.80. The SMILES string of the molecule is CC1C(CC(=O)O)c2ccccc2N1Cc1ccc(S(C)(=O)=O)cc1. The number of para-hydroxylation sites is 1. The van der Waals surface area contributed by atoms with Crippen molar-refractivity contribution in [2.75, 3.05) is 11.2 Å². The van der Waals surface area contributed by atoms with Crippen LogP contribution >= 0.6 is 0 Å². The molecule has 25 heavy (non-hydrogen) atoms. The fourth-order valence-corrected chi connectivity index (χ4v) is 4.13. The lowest BCUT2D eigenvalue weighted by atomic mass is 9.93. The van der Waals surface area contributed by atoms with E-state index in [0.29, 0.717) is 11.4 Å². The van der Waals surface area contributed by atoms with Crippen LogP contribution in [-0.4, -0.2) is 31.8 Å². The number of nitrogens with zero attached hydrogens (tertiary/aromatic N) is 1. The van der Waals surface area contributed by atoms with Gasteiger partial charge in [0.2, 0.25) is 0 Å². The number of hydrogen-bond donors (Lipinski definition) is 1. The monoisotopic (exact) mass is 359 g/mol. The zero-order valence-electron chi connectivity index (χ0n) is 14.2. The third-order valence-electron chi connectivity index (χ3n) is 4.82. The number of hydrogen-bond acceptors (Lipinski definition) is 4. The quantitative estimate of drug-likeness (QED) is 0.888. The summed E-state index contributed by atoms with van der Waals surface area (Å²) >= 11 is 0. The molecule has 0 aliphatic carbocycles. The molecule has 1 aliphatic heterocycles. The molecule has 3 rings (SSSR count). The molecular formula is C19H21NO4S. The third kappa shape index (κ3) is 3.54. The molecule has 1 heterocycles. The van der Waals surface area contributed by atoms with E-state index in [2.05, 4.69) is 4.90 Å². The van der Waals surface area contributed by atoms with Crippen LogP contribution in [-0.2, 0) is 21.2 Å². The van der Waals surface area contributed by atoms with Crippen molar-refractivity contribution in [1.29, 1.82) is 0 Å². The Hall–Kier alpha value is -2.34. The van der Waals surface area contributed by atoms with Gasteiger partial charge in [-0.25, -0.2) is 8.42 Å². The fourth-order valence-electron chi connectivity index (χ4n) is 3.50. The molecule has 0 radical (unpaired) electrons. The standard InChI is InChI=1S/C19H21NO4S/c1-13-17(11-19(21)22)16-5-3-4-6-18(16)20(13)12-14-7-9-15(10-8-14)25(2,23)24/h3-10,13,17H,11-12H2,1-2H3,(H,21,22). The van der Waals surface area contributed by atoms with Crippen molar-refractivity contribution in [3.8, 4) is 0 Å². The summed E-state index contributed by atoms with van der Waals surface area (Å²) in [5.41, 5.74) is 3.10. The minimum atomic E-state index is -3.21. The van der Waals surface area contributed by atoms with Gasteiger partial charge in [-0.2, -0.15) is 0 Å². The van der Waals surface area contributed by atoms with Gasteiger partial charge in [-0.1, -0.05) is 30.3 Å². The summed E-state index contributed by atoms with van der Waals surface area (Å²) in [6.07, 6.45) is 1.29. The summed E-state index contributed by atoms with van der Waals surface area (Å²) in [5, 5.41) is 9.22. The average molecular weight is 359 g/mol. The summed E-state index contributed by atoms with van der Waals surface area (Å²) < 4.78 is 23.2. The van der Waals surface area contributed by atoms with Crippen LogP contribution in [0.15, 0.2) is 53.4 Å². The van der Waals surface area contributed by atoms with Gasteiger partial charge in [-0.15, -0.1) is 0 Å². The number of anilines is 1. The van der Waals surface area contributed by atoms with Gasteiger partial charge in [-0.05, 0) is 36.2 Å². The first-order chi connectivity index (χ1) is 11.8. The Morgan fingerprint density at radius 3 is 2.36 bits per heavy atom. The lowest BCUT2D eigenvalue weighted by Gasteiger charge is -2.27. The molecule has 0 aromatic heterocycles. The topological polar surface area (TPSA) is 74.7 Å². The molecule has 2 aromatic rings. The van der Waals surface area contributed by atoms with Crippen molar-refractivity contribution in [2.45, 2.75) is 36.7 Å². The van der Waals surface area contributed by atoms with Gasteiger partial charge in [0.25, 0.3) is 0 Å². The number of aliphatic carboxylic acids is 1. The van der Waals surface area contributed by atoms with Gasteiger partial charge in [0.05, 0.1) is 11.3 Å². The van der Waals surface area contributed by atoms with E-state index >= 15 is 0 Å². The summed E-state index contributed by atoms with van der Waals surface area (Å²) in [5.74, 6) is -0.852. The van der Waals surface area contributed by atoms with Gasteiger partial charge < -0.3 is 10.0 Å². The molecule has 0 saturated heterocycles. The van der Waals surface area contributed by atoms with Gasteiger partial charge in [0.1, 0.15) is 0 Å². The van der Waals surface area contributed by atoms with Crippen LogP contribution in [0, 0.1) is 0 Å². The third-order valence-corrected chi connectivity index (χ3v) is 5.95. The molecule has 0 saturated carbocycles. The highest BCUT2D eigenvalue weighted by molar-refractivity contribution is 7.90. The molecule has 0 fully saturated rings. The molecule has 2 atom stereocenters. The zero-order chi connectivity index (χ0) is 18.2. The van der Waals surface area contributed by atoms with Crippen molar-refractivity contribution >= 4 is 21.5 Å².